The molecule has 7 rings (SSSR count). The van der Waals surface area contributed by atoms with E-state index in [0.717, 1.165) is 65.3 Å². The molecule has 5 N–H and O–H groups in total. The highest BCUT2D eigenvalue weighted by atomic mass is 16.5. The second-order valence-electron chi connectivity index (χ2n) is 15.7. The third kappa shape index (κ3) is 8.45. The maximum Gasteiger partial charge on any atom is 0.407 e. The number of ether oxygens (including phenoxy) is 1. The molecule has 59 heavy (non-hydrogen) atoms. The van der Waals surface area contributed by atoms with Gasteiger partial charge in [0.25, 0.3) is 5.91 Å². The van der Waals surface area contributed by atoms with Crippen LogP contribution in [0, 0.1) is 5.92 Å². The number of benzene rings is 3. The first-order valence-electron chi connectivity index (χ1n) is 20.4. The lowest BCUT2D eigenvalue weighted by molar-refractivity contribution is -0.139. The molecule has 3 aromatic carbocycles. The maximum atomic E-state index is 14.0. The third-order valence-corrected chi connectivity index (χ3v) is 11.5. The number of aryl methyl sites for hydroxylation is 1. The van der Waals surface area contributed by atoms with Crippen molar-refractivity contribution in [3.63, 3.8) is 0 Å². The van der Waals surface area contributed by atoms with Crippen molar-refractivity contribution in [2.75, 3.05) is 25.5 Å². The first-order valence-corrected chi connectivity index (χ1v) is 20.4. The minimum Gasteiger partial charge on any atom is -0.465 e. The lowest BCUT2D eigenvalue weighted by atomic mass is 10.0. The molecule has 2 aliphatic rings. The Balaban J connectivity index is 1.14. The molecule has 5 amide bonds. The zero-order chi connectivity index (χ0) is 41.8. The smallest absolute Gasteiger partial charge is 0.407 e. The van der Waals surface area contributed by atoms with Crippen molar-refractivity contribution in [1.29, 1.82) is 0 Å². The van der Waals surface area contributed by atoms with Crippen LogP contribution in [0.2, 0.25) is 0 Å². The van der Waals surface area contributed by atoms with Gasteiger partial charge in [0.05, 0.1) is 30.6 Å². The van der Waals surface area contributed by atoms with Gasteiger partial charge in [-0.1, -0.05) is 75.7 Å². The number of anilines is 1. The van der Waals surface area contributed by atoms with Gasteiger partial charge < -0.3 is 45.1 Å². The highest BCUT2D eigenvalue weighted by Gasteiger charge is 2.39. The number of aromatic amines is 1. The lowest BCUT2D eigenvalue weighted by Gasteiger charge is -2.29. The number of rotatable bonds is 13. The van der Waals surface area contributed by atoms with Gasteiger partial charge in [0.2, 0.25) is 11.8 Å². The number of unbranched alkanes of at least 4 members (excludes halogenated alkanes) is 1. The fraction of sp³-hybridized carbons (Fsp3) is 0.409. The standard InChI is InChI=1S/C44H52N8O7/c1-5-6-20-50-35-23-28(32-25-45-39(47-32)33-14-10-21-51(33)42(55)38(49-44(58)59-4)27-12-8-7-9-13-27)16-18-30(35)31-19-17-29(24-36(31)50)46-40(53)34-15-11-22-52(34)41(54)37(26(2)3)48-43(56)57/h7-9,12-13,16-19,23-26,33-34,37-38,48H,5-6,10-11,14-15,20-22H2,1-4H3,(H,45,47)(H,46,53)(H,49,58)(H,56,57)/t33-,34-,37-,38+/m0/s1. The van der Waals surface area contributed by atoms with Crippen molar-refractivity contribution in [2.24, 2.45) is 5.92 Å². The highest BCUT2D eigenvalue weighted by Crippen LogP contribution is 2.37. The topological polar surface area (TPSA) is 191 Å². The van der Waals surface area contributed by atoms with E-state index >= 15 is 0 Å². The van der Waals surface area contributed by atoms with Gasteiger partial charge in [-0.15, -0.1) is 0 Å². The zero-order valence-corrected chi connectivity index (χ0v) is 33.9. The van der Waals surface area contributed by atoms with Crippen LogP contribution < -0.4 is 16.0 Å². The van der Waals surface area contributed by atoms with Crippen LogP contribution >= 0.6 is 0 Å². The van der Waals surface area contributed by atoms with Crippen LogP contribution in [-0.2, 0) is 25.7 Å². The van der Waals surface area contributed by atoms with E-state index in [1.54, 1.807) is 24.9 Å². The number of carbonyl (C=O) groups excluding carboxylic acids is 4. The largest absolute Gasteiger partial charge is 0.465 e. The first kappa shape index (κ1) is 40.8. The number of H-pyrrole nitrogens is 1. The SMILES string of the molecule is CCCCn1c2cc(NC(=O)[C@@H]3CCCN3C(=O)[C@@H](NC(=O)O)C(C)C)ccc2c2ccc(-c3cnc([C@@H]4CCCN4C(=O)[C@H](NC(=O)OC)c4ccccc4)[nH]3)cc21. The van der Waals surface area contributed by atoms with Crippen molar-refractivity contribution in [2.45, 2.75) is 90.0 Å². The van der Waals surface area contributed by atoms with Gasteiger partial charge in [0.15, 0.2) is 0 Å². The molecule has 310 valence electrons. The van der Waals surface area contributed by atoms with E-state index in [1.165, 1.54) is 12.0 Å². The number of nitrogens with one attached hydrogen (secondary N) is 4. The molecule has 0 saturated carbocycles. The molecule has 2 fully saturated rings. The van der Waals surface area contributed by atoms with Gasteiger partial charge in [0, 0.05) is 47.2 Å². The number of aromatic nitrogens is 3. The summed E-state index contributed by atoms with van der Waals surface area (Å²) in [5.74, 6) is -0.547. The average Bonchev–Trinajstić information content (AvgIpc) is 4.06. The Morgan fingerprint density at radius 2 is 1.61 bits per heavy atom. The van der Waals surface area contributed by atoms with Gasteiger partial charge in [-0.2, -0.15) is 0 Å². The molecule has 0 unspecified atom stereocenters. The monoisotopic (exact) mass is 804 g/mol. The molecular weight excluding hydrogens is 753 g/mol. The molecule has 4 heterocycles. The van der Waals surface area contributed by atoms with Crippen molar-refractivity contribution in [3.8, 4) is 11.3 Å². The number of likely N-dealkylation sites (tertiary alicyclic amines) is 2. The number of imidazole rings is 1. The van der Waals surface area contributed by atoms with Gasteiger partial charge in [0.1, 0.15) is 23.9 Å². The molecule has 0 spiro atoms. The van der Waals surface area contributed by atoms with Crippen molar-refractivity contribution in [3.05, 3.63) is 84.3 Å². The summed E-state index contributed by atoms with van der Waals surface area (Å²) in [7, 11) is 1.27. The van der Waals surface area contributed by atoms with Gasteiger partial charge in [-0.3, -0.25) is 14.4 Å². The Bertz CT molecular complexity index is 2350. The fourth-order valence-corrected chi connectivity index (χ4v) is 8.49. The molecule has 2 saturated heterocycles. The summed E-state index contributed by atoms with van der Waals surface area (Å²) >= 11 is 0. The van der Waals surface area contributed by atoms with Crippen molar-refractivity contribution in [1.82, 2.24) is 35.0 Å². The summed E-state index contributed by atoms with van der Waals surface area (Å²) < 4.78 is 7.12. The van der Waals surface area contributed by atoms with Gasteiger partial charge in [-0.25, -0.2) is 14.6 Å². The summed E-state index contributed by atoms with van der Waals surface area (Å²) in [6.07, 6.45) is 4.40. The number of carboxylic acid groups (broad SMARTS) is 1. The molecule has 15 heteroatoms. The highest BCUT2D eigenvalue weighted by molar-refractivity contribution is 6.10. The minimum atomic E-state index is -1.28. The molecular formula is C44H52N8O7. The van der Waals surface area contributed by atoms with E-state index < -0.39 is 36.2 Å². The lowest BCUT2D eigenvalue weighted by Crippen LogP contribution is -2.54. The quantitative estimate of drug-likeness (QED) is 0.0843. The van der Waals surface area contributed by atoms with Crippen LogP contribution in [-0.4, -0.2) is 91.6 Å². The Morgan fingerprint density at radius 1 is 0.898 bits per heavy atom. The number of amides is 5. The molecule has 5 aromatic rings. The fourth-order valence-electron chi connectivity index (χ4n) is 8.49. The van der Waals surface area contributed by atoms with E-state index in [9.17, 15) is 29.1 Å². The predicted molar refractivity (Wildman–Crippen MR) is 223 cm³/mol. The minimum absolute atomic E-state index is 0.235. The Morgan fingerprint density at radius 3 is 2.32 bits per heavy atom. The second kappa shape index (κ2) is 17.6. The molecule has 0 radical (unpaired) electrons. The average molecular weight is 805 g/mol. The number of fused-ring (bicyclic) bond motifs is 3. The summed E-state index contributed by atoms with van der Waals surface area (Å²) in [4.78, 5) is 76.5. The summed E-state index contributed by atoms with van der Waals surface area (Å²) in [5, 5.41) is 19.5. The van der Waals surface area contributed by atoms with Gasteiger partial charge in [-0.05, 0) is 61.8 Å². The molecule has 15 nitrogen and oxygen atoms in total. The zero-order valence-electron chi connectivity index (χ0n) is 33.9. The Labute approximate surface area is 342 Å². The van der Waals surface area contributed by atoms with Crippen LogP contribution in [0.4, 0.5) is 15.3 Å². The summed E-state index contributed by atoms with van der Waals surface area (Å²) in [6.45, 7) is 7.35. The van der Waals surface area contributed by atoms with Gasteiger partial charge >= 0.3 is 12.2 Å². The summed E-state index contributed by atoms with van der Waals surface area (Å²) in [6, 6.07) is 18.4. The normalized spacial score (nSPS) is 17.6. The number of alkyl carbamates (subject to hydrolysis) is 1. The van der Waals surface area contributed by atoms with E-state index in [4.69, 9.17) is 9.72 Å². The predicted octanol–water partition coefficient (Wildman–Crippen LogP) is 6.97. The van der Waals surface area contributed by atoms with Crippen LogP contribution in [0.3, 0.4) is 0 Å². The number of hydrogen-bond donors (Lipinski definition) is 5. The molecule has 0 bridgehead atoms. The molecule has 2 aromatic heterocycles. The van der Waals surface area contributed by atoms with Crippen LogP contribution in [0.25, 0.3) is 33.1 Å². The van der Waals surface area contributed by atoms with E-state index in [2.05, 4.69) is 50.6 Å². The first-order chi connectivity index (χ1) is 28.5. The molecule has 2 aliphatic heterocycles. The Hall–Kier alpha value is -6.38. The number of methoxy groups -OCH3 is 1. The number of carbonyl (C=O) groups is 5. The Kier molecular flexibility index (Phi) is 12.2. The van der Waals surface area contributed by atoms with Crippen molar-refractivity contribution < 1.29 is 33.8 Å². The van der Waals surface area contributed by atoms with E-state index in [-0.39, 0.29) is 23.8 Å². The van der Waals surface area contributed by atoms with Crippen LogP contribution in [0.15, 0.2) is 72.9 Å². The van der Waals surface area contributed by atoms with Crippen LogP contribution in [0.1, 0.15) is 82.8 Å². The van der Waals surface area contributed by atoms with Crippen LogP contribution in [0.5, 0.6) is 0 Å². The number of nitrogens with zero attached hydrogens (tertiary/aromatic N) is 4. The van der Waals surface area contributed by atoms with E-state index in [0.29, 0.717) is 43.0 Å². The summed E-state index contributed by atoms with van der Waals surface area (Å²) in [5.41, 5.74) is 5.00. The third-order valence-electron chi connectivity index (χ3n) is 11.5. The maximum absolute atomic E-state index is 14.0. The second-order valence-corrected chi connectivity index (χ2v) is 15.7. The van der Waals surface area contributed by atoms with E-state index in [1.807, 2.05) is 48.5 Å². The number of hydrogen-bond acceptors (Lipinski definition) is 7. The van der Waals surface area contributed by atoms with Crippen molar-refractivity contribution >= 4 is 57.4 Å². The molecule has 4 atom stereocenters. The molecule has 0 aliphatic carbocycles.